The quantitative estimate of drug-likeness (QED) is 0.643. The van der Waals surface area contributed by atoms with E-state index < -0.39 is 0 Å². The van der Waals surface area contributed by atoms with Crippen LogP contribution in [0, 0.1) is 5.92 Å². The molecule has 0 amide bonds. The Labute approximate surface area is 131 Å². The predicted octanol–water partition coefficient (Wildman–Crippen LogP) is 5.73. The lowest BCUT2D eigenvalue weighted by Crippen LogP contribution is -1.96. The van der Waals surface area contributed by atoms with Gasteiger partial charge in [-0.3, -0.25) is 0 Å². The van der Waals surface area contributed by atoms with Crippen molar-refractivity contribution in [3.8, 4) is 0 Å². The van der Waals surface area contributed by atoms with Crippen LogP contribution in [-0.2, 0) is 0 Å². The molecule has 0 fully saturated rings. The predicted molar refractivity (Wildman–Crippen MR) is 93.3 cm³/mol. The van der Waals surface area contributed by atoms with Crippen molar-refractivity contribution < 1.29 is 5.11 Å². The minimum Gasteiger partial charge on any atom is -0.392 e. The molecule has 118 valence electrons. The number of hydrogen-bond donors (Lipinski definition) is 1. The average molecular weight is 288 g/mol. The Kier molecular flexibility index (Phi) is 8.37. The molecule has 0 saturated carbocycles. The van der Waals surface area contributed by atoms with E-state index in [1.807, 2.05) is 0 Å². The Bertz CT molecular complexity index is 433. The van der Waals surface area contributed by atoms with Gasteiger partial charge in [-0.2, -0.15) is 0 Å². The SMILES string of the molecule is C/C1=C\C=C(\C(C)C)CC/C(C)=C/CC/C(CO)=C/CC1. The largest absolute Gasteiger partial charge is 0.392 e. The lowest BCUT2D eigenvalue weighted by molar-refractivity contribution is 0.326. The van der Waals surface area contributed by atoms with Crippen LogP contribution in [0.1, 0.15) is 66.2 Å². The van der Waals surface area contributed by atoms with Crippen molar-refractivity contribution in [2.45, 2.75) is 66.2 Å². The molecule has 0 spiro atoms. The van der Waals surface area contributed by atoms with Crippen molar-refractivity contribution in [1.29, 1.82) is 0 Å². The normalized spacial score (nSPS) is 29.2. The highest BCUT2D eigenvalue weighted by Crippen LogP contribution is 2.21. The molecule has 1 aliphatic carbocycles. The molecule has 0 aromatic carbocycles. The zero-order valence-electron chi connectivity index (χ0n) is 14.3. The van der Waals surface area contributed by atoms with Crippen molar-refractivity contribution in [1.82, 2.24) is 0 Å². The third kappa shape index (κ3) is 7.47. The van der Waals surface area contributed by atoms with Gasteiger partial charge in [-0.1, -0.05) is 54.9 Å². The lowest BCUT2D eigenvalue weighted by atomic mass is 9.94. The van der Waals surface area contributed by atoms with E-state index in [0.29, 0.717) is 5.92 Å². The van der Waals surface area contributed by atoms with Crippen molar-refractivity contribution in [2.75, 3.05) is 6.61 Å². The third-order valence-corrected chi connectivity index (χ3v) is 4.26. The van der Waals surface area contributed by atoms with E-state index in [-0.39, 0.29) is 6.61 Å². The van der Waals surface area contributed by atoms with Gasteiger partial charge in [0.25, 0.3) is 0 Å². The minimum absolute atomic E-state index is 0.201. The standard InChI is InChI=1S/C20H32O/c1-16(2)20-13-11-17(3)7-5-9-19(15-21)10-6-8-18(4)12-14-20/h7,10,12,14,16,21H,5-6,8-9,11,13,15H2,1-4H3/b17-7+,18-12+,19-10-,20-14+. The monoisotopic (exact) mass is 288 g/mol. The fraction of sp³-hybridized carbons (Fsp3) is 0.600. The van der Waals surface area contributed by atoms with Crippen molar-refractivity contribution in [3.63, 3.8) is 0 Å². The molecule has 21 heavy (non-hydrogen) atoms. The molecule has 0 atom stereocenters. The van der Waals surface area contributed by atoms with Crippen LogP contribution in [0.2, 0.25) is 0 Å². The lowest BCUT2D eigenvalue weighted by Gasteiger charge is -2.12. The summed E-state index contributed by atoms with van der Waals surface area (Å²) in [5, 5.41) is 9.41. The number of rotatable bonds is 2. The minimum atomic E-state index is 0.201. The zero-order valence-corrected chi connectivity index (χ0v) is 14.3. The zero-order chi connectivity index (χ0) is 15.7. The van der Waals surface area contributed by atoms with Crippen LogP contribution in [-0.4, -0.2) is 11.7 Å². The summed E-state index contributed by atoms with van der Waals surface area (Å²) in [5.74, 6) is 0.621. The van der Waals surface area contributed by atoms with Crippen LogP contribution in [0.15, 0.2) is 46.6 Å². The number of hydrogen-bond acceptors (Lipinski definition) is 1. The summed E-state index contributed by atoms with van der Waals surface area (Å²) in [5.41, 5.74) is 5.62. The molecule has 1 N–H and O–H groups in total. The van der Waals surface area contributed by atoms with Crippen LogP contribution >= 0.6 is 0 Å². The van der Waals surface area contributed by atoms with Crippen LogP contribution in [0.3, 0.4) is 0 Å². The third-order valence-electron chi connectivity index (χ3n) is 4.26. The van der Waals surface area contributed by atoms with Crippen LogP contribution < -0.4 is 0 Å². The Morgan fingerprint density at radius 1 is 0.905 bits per heavy atom. The first kappa shape index (κ1) is 18.0. The van der Waals surface area contributed by atoms with Crippen LogP contribution in [0.4, 0.5) is 0 Å². The van der Waals surface area contributed by atoms with Gasteiger partial charge in [0, 0.05) is 0 Å². The Balaban J connectivity index is 2.89. The fourth-order valence-electron chi connectivity index (χ4n) is 2.59. The highest BCUT2D eigenvalue weighted by molar-refractivity contribution is 5.20. The van der Waals surface area contributed by atoms with E-state index in [2.05, 4.69) is 52.0 Å². The summed E-state index contributed by atoms with van der Waals surface area (Å²) in [6, 6.07) is 0. The first-order valence-electron chi connectivity index (χ1n) is 8.33. The summed E-state index contributed by atoms with van der Waals surface area (Å²) in [6.45, 7) is 9.21. The van der Waals surface area contributed by atoms with Gasteiger partial charge >= 0.3 is 0 Å². The summed E-state index contributed by atoms with van der Waals surface area (Å²) < 4.78 is 0. The number of aliphatic hydroxyl groups excluding tert-OH is 1. The van der Waals surface area contributed by atoms with Gasteiger partial charge < -0.3 is 5.11 Å². The summed E-state index contributed by atoms with van der Waals surface area (Å²) in [6.07, 6.45) is 15.6. The van der Waals surface area contributed by atoms with Gasteiger partial charge in [0.2, 0.25) is 0 Å². The molecule has 0 bridgehead atoms. The van der Waals surface area contributed by atoms with E-state index in [0.717, 1.165) is 38.5 Å². The Morgan fingerprint density at radius 2 is 1.62 bits per heavy atom. The van der Waals surface area contributed by atoms with E-state index in [1.165, 1.54) is 16.7 Å². The van der Waals surface area contributed by atoms with Crippen LogP contribution in [0.5, 0.6) is 0 Å². The molecule has 1 aliphatic rings. The maximum absolute atomic E-state index is 9.41. The van der Waals surface area contributed by atoms with E-state index in [9.17, 15) is 5.11 Å². The van der Waals surface area contributed by atoms with Gasteiger partial charge in [-0.25, -0.2) is 0 Å². The molecule has 0 radical (unpaired) electrons. The molecule has 0 saturated heterocycles. The summed E-state index contributed by atoms with van der Waals surface area (Å²) >= 11 is 0. The highest BCUT2D eigenvalue weighted by Gasteiger charge is 2.04. The van der Waals surface area contributed by atoms with Crippen molar-refractivity contribution in [3.05, 3.63) is 46.6 Å². The maximum Gasteiger partial charge on any atom is 0.0641 e. The molecule has 1 nitrogen and oxygen atoms in total. The first-order chi connectivity index (χ1) is 10.0. The van der Waals surface area contributed by atoms with Gasteiger partial charge in [0.15, 0.2) is 0 Å². The molecule has 1 heteroatoms. The van der Waals surface area contributed by atoms with Crippen molar-refractivity contribution >= 4 is 0 Å². The number of allylic oxidation sites excluding steroid dienone is 7. The van der Waals surface area contributed by atoms with Crippen LogP contribution in [0.25, 0.3) is 0 Å². The molecule has 0 aliphatic heterocycles. The van der Waals surface area contributed by atoms with Gasteiger partial charge in [-0.05, 0) is 63.9 Å². The molecule has 0 aromatic rings. The maximum atomic E-state index is 9.41. The second-order valence-electron chi connectivity index (χ2n) is 6.56. The summed E-state index contributed by atoms with van der Waals surface area (Å²) in [7, 11) is 0. The Hall–Kier alpha value is -1.08. The molecule has 0 unspecified atom stereocenters. The fourth-order valence-corrected chi connectivity index (χ4v) is 2.59. The topological polar surface area (TPSA) is 20.2 Å². The molecule has 1 rings (SSSR count). The Morgan fingerprint density at radius 3 is 2.29 bits per heavy atom. The second kappa shape index (κ2) is 9.78. The molecular formula is C20H32O. The number of aliphatic hydroxyl groups is 1. The van der Waals surface area contributed by atoms with E-state index >= 15 is 0 Å². The smallest absolute Gasteiger partial charge is 0.0641 e. The molecular weight excluding hydrogens is 256 g/mol. The van der Waals surface area contributed by atoms with Gasteiger partial charge in [-0.15, -0.1) is 0 Å². The molecule has 0 heterocycles. The highest BCUT2D eigenvalue weighted by atomic mass is 16.3. The first-order valence-corrected chi connectivity index (χ1v) is 8.33. The summed E-state index contributed by atoms with van der Waals surface area (Å²) in [4.78, 5) is 0. The van der Waals surface area contributed by atoms with E-state index in [4.69, 9.17) is 0 Å². The molecule has 0 aromatic heterocycles. The van der Waals surface area contributed by atoms with Gasteiger partial charge in [0.05, 0.1) is 6.61 Å². The van der Waals surface area contributed by atoms with Crippen molar-refractivity contribution in [2.24, 2.45) is 5.92 Å². The second-order valence-corrected chi connectivity index (χ2v) is 6.56. The van der Waals surface area contributed by atoms with Gasteiger partial charge in [0.1, 0.15) is 0 Å². The average Bonchev–Trinajstić information content (AvgIpc) is 2.44. The van der Waals surface area contributed by atoms with E-state index in [1.54, 1.807) is 5.57 Å².